The summed E-state index contributed by atoms with van der Waals surface area (Å²) >= 11 is 0. The molecule has 0 radical (unpaired) electrons. The lowest BCUT2D eigenvalue weighted by atomic mass is 10.3. The number of hydrogen-bond donors (Lipinski definition) is 1. The van der Waals surface area contributed by atoms with E-state index in [4.69, 9.17) is 0 Å². The molecular formula is C9H13N3O. The third-order valence-corrected chi connectivity index (χ3v) is 1.68. The van der Waals surface area contributed by atoms with E-state index in [-0.39, 0.29) is 5.78 Å². The highest BCUT2D eigenvalue weighted by Gasteiger charge is 2.07. The first-order valence-electron chi connectivity index (χ1n) is 4.08. The number of nitrogens with zero attached hydrogens (tertiary/aromatic N) is 2. The van der Waals surface area contributed by atoms with Crippen LogP contribution < -0.4 is 5.32 Å². The standard InChI is InChI=1S/C9H13N3O/c1-3-5-10-7-9(13)8-4-6-11-12(8)2/h3-4,6,10H,1,5,7H2,2H3. The molecule has 13 heavy (non-hydrogen) atoms. The van der Waals surface area contributed by atoms with Crippen molar-refractivity contribution >= 4 is 5.78 Å². The van der Waals surface area contributed by atoms with Gasteiger partial charge in [0.1, 0.15) is 5.69 Å². The topological polar surface area (TPSA) is 46.9 Å². The van der Waals surface area contributed by atoms with E-state index in [1.54, 1.807) is 30.1 Å². The first kappa shape index (κ1) is 9.67. The fraction of sp³-hybridized carbons (Fsp3) is 0.333. The van der Waals surface area contributed by atoms with Gasteiger partial charge in [0.25, 0.3) is 0 Å². The SMILES string of the molecule is C=CCNCC(=O)c1ccnn1C. The van der Waals surface area contributed by atoms with Gasteiger partial charge in [-0.25, -0.2) is 0 Å². The number of aromatic nitrogens is 2. The zero-order chi connectivity index (χ0) is 9.68. The van der Waals surface area contributed by atoms with Crippen molar-refractivity contribution in [1.82, 2.24) is 15.1 Å². The largest absolute Gasteiger partial charge is 0.306 e. The first-order chi connectivity index (χ1) is 6.25. The van der Waals surface area contributed by atoms with E-state index < -0.39 is 0 Å². The molecule has 0 saturated carbocycles. The Morgan fingerprint density at radius 2 is 2.62 bits per heavy atom. The molecule has 4 nitrogen and oxygen atoms in total. The fourth-order valence-electron chi connectivity index (χ4n) is 1.03. The number of aryl methyl sites for hydroxylation is 1. The Morgan fingerprint density at radius 1 is 1.85 bits per heavy atom. The van der Waals surface area contributed by atoms with E-state index in [1.165, 1.54) is 0 Å². The smallest absolute Gasteiger partial charge is 0.194 e. The average molecular weight is 179 g/mol. The van der Waals surface area contributed by atoms with Gasteiger partial charge in [-0.2, -0.15) is 5.10 Å². The average Bonchev–Trinajstić information content (AvgIpc) is 2.52. The quantitative estimate of drug-likeness (QED) is 0.404. The third-order valence-electron chi connectivity index (χ3n) is 1.68. The number of carbonyl (C=O) groups excluding carboxylic acids is 1. The van der Waals surface area contributed by atoms with E-state index >= 15 is 0 Å². The van der Waals surface area contributed by atoms with Crippen LogP contribution in [-0.4, -0.2) is 28.7 Å². The number of ketones is 1. The van der Waals surface area contributed by atoms with Crippen LogP contribution in [0.1, 0.15) is 10.5 Å². The second kappa shape index (κ2) is 4.57. The summed E-state index contributed by atoms with van der Waals surface area (Å²) in [5.74, 6) is 0.0434. The molecule has 4 heteroatoms. The maximum atomic E-state index is 11.4. The van der Waals surface area contributed by atoms with Gasteiger partial charge in [0, 0.05) is 19.8 Å². The molecule has 1 aromatic heterocycles. The highest BCUT2D eigenvalue weighted by Crippen LogP contribution is 1.96. The summed E-state index contributed by atoms with van der Waals surface area (Å²) in [5.41, 5.74) is 0.622. The van der Waals surface area contributed by atoms with Gasteiger partial charge in [-0.15, -0.1) is 6.58 Å². The van der Waals surface area contributed by atoms with Gasteiger partial charge < -0.3 is 5.32 Å². The van der Waals surface area contributed by atoms with Gasteiger partial charge >= 0.3 is 0 Å². The predicted molar refractivity (Wildman–Crippen MR) is 50.6 cm³/mol. The molecule has 1 rings (SSSR count). The normalized spacial score (nSPS) is 9.92. The monoisotopic (exact) mass is 179 g/mol. The molecule has 0 unspecified atom stereocenters. The fourth-order valence-corrected chi connectivity index (χ4v) is 1.03. The summed E-state index contributed by atoms with van der Waals surface area (Å²) in [5, 5.41) is 6.86. The lowest BCUT2D eigenvalue weighted by Crippen LogP contribution is -2.24. The molecule has 0 bridgehead atoms. The summed E-state index contributed by atoms with van der Waals surface area (Å²) in [6.45, 7) is 4.51. The van der Waals surface area contributed by atoms with Crippen LogP contribution in [0.2, 0.25) is 0 Å². The van der Waals surface area contributed by atoms with Crippen LogP contribution in [0, 0.1) is 0 Å². The van der Waals surface area contributed by atoms with Gasteiger partial charge in [0.2, 0.25) is 0 Å². The van der Waals surface area contributed by atoms with Gasteiger partial charge in [-0.05, 0) is 6.07 Å². The minimum absolute atomic E-state index is 0.0434. The van der Waals surface area contributed by atoms with Crippen molar-refractivity contribution in [3.63, 3.8) is 0 Å². The molecule has 1 aromatic rings. The number of carbonyl (C=O) groups is 1. The minimum atomic E-state index is 0.0434. The van der Waals surface area contributed by atoms with Crippen LogP contribution in [-0.2, 0) is 7.05 Å². The number of rotatable bonds is 5. The van der Waals surface area contributed by atoms with E-state index in [1.807, 2.05) is 0 Å². The lowest BCUT2D eigenvalue weighted by Gasteiger charge is -2.01. The van der Waals surface area contributed by atoms with Gasteiger partial charge in [-0.1, -0.05) is 6.08 Å². The van der Waals surface area contributed by atoms with Crippen molar-refractivity contribution in [3.8, 4) is 0 Å². The second-order valence-corrected chi connectivity index (χ2v) is 2.68. The Labute approximate surface area is 77.3 Å². The Kier molecular flexibility index (Phi) is 3.40. The summed E-state index contributed by atoms with van der Waals surface area (Å²) in [6.07, 6.45) is 3.33. The molecule has 0 spiro atoms. The molecule has 0 aliphatic heterocycles. The molecule has 0 aromatic carbocycles. The van der Waals surface area contributed by atoms with Crippen LogP contribution in [0.3, 0.4) is 0 Å². The molecule has 0 aliphatic carbocycles. The van der Waals surface area contributed by atoms with E-state index in [0.29, 0.717) is 18.8 Å². The van der Waals surface area contributed by atoms with Crippen LogP contribution in [0.25, 0.3) is 0 Å². The maximum absolute atomic E-state index is 11.4. The van der Waals surface area contributed by atoms with Crippen molar-refractivity contribution in [3.05, 3.63) is 30.6 Å². The van der Waals surface area contributed by atoms with E-state index in [0.717, 1.165) is 0 Å². The van der Waals surface area contributed by atoms with Crippen LogP contribution >= 0.6 is 0 Å². The van der Waals surface area contributed by atoms with Crippen molar-refractivity contribution < 1.29 is 4.79 Å². The maximum Gasteiger partial charge on any atom is 0.194 e. The highest BCUT2D eigenvalue weighted by molar-refractivity contribution is 5.95. The number of nitrogens with one attached hydrogen (secondary N) is 1. The first-order valence-corrected chi connectivity index (χ1v) is 4.08. The summed E-state index contributed by atoms with van der Waals surface area (Å²) in [6, 6.07) is 1.71. The van der Waals surface area contributed by atoms with Crippen molar-refractivity contribution in [2.75, 3.05) is 13.1 Å². The number of Topliss-reactive ketones (excluding diaryl/α,β-unsaturated/α-hetero) is 1. The molecular weight excluding hydrogens is 166 g/mol. The predicted octanol–water partition coefficient (Wildman–Crippen LogP) is 0.378. The van der Waals surface area contributed by atoms with Crippen molar-refractivity contribution in [2.45, 2.75) is 0 Å². The van der Waals surface area contributed by atoms with Gasteiger partial charge in [-0.3, -0.25) is 9.48 Å². The minimum Gasteiger partial charge on any atom is -0.306 e. The molecule has 0 atom stereocenters. The van der Waals surface area contributed by atoms with Crippen LogP contribution in [0.5, 0.6) is 0 Å². The Morgan fingerprint density at radius 3 is 3.15 bits per heavy atom. The molecule has 1 N–H and O–H groups in total. The molecule has 1 heterocycles. The van der Waals surface area contributed by atoms with Crippen molar-refractivity contribution in [1.29, 1.82) is 0 Å². The molecule has 0 aliphatic rings. The zero-order valence-electron chi connectivity index (χ0n) is 7.66. The summed E-state index contributed by atoms with van der Waals surface area (Å²) < 4.78 is 1.57. The Hall–Kier alpha value is -1.42. The van der Waals surface area contributed by atoms with Gasteiger partial charge in [0.15, 0.2) is 5.78 Å². The van der Waals surface area contributed by atoms with E-state index in [9.17, 15) is 4.79 Å². The Bertz CT molecular complexity index is 304. The molecule has 0 saturated heterocycles. The Balaban J connectivity index is 2.49. The van der Waals surface area contributed by atoms with E-state index in [2.05, 4.69) is 17.0 Å². The van der Waals surface area contributed by atoms with Crippen LogP contribution in [0.15, 0.2) is 24.9 Å². The molecule has 0 fully saturated rings. The third kappa shape index (κ3) is 2.52. The summed E-state index contributed by atoms with van der Waals surface area (Å²) in [7, 11) is 1.75. The number of hydrogen-bond acceptors (Lipinski definition) is 3. The highest BCUT2D eigenvalue weighted by atomic mass is 16.1. The second-order valence-electron chi connectivity index (χ2n) is 2.68. The lowest BCUT2D eigenvalue weighted by molar-refractivity contribution is 0.0983. The van der Waals surface area contributed by atoms with Crippen molar-refractivity contribution in [2.24, 2.45) is 7.05 Å². The van der Waals surface area contributed by atoms with Gasteiger partial charge in [0.05, 0.1) is 6.54 Å². The molecule has 0 amide bonds. The molecule has 70 valence electrons. The van der Waals surface area contributed by atoms with Crippen LogP contribution in [0.4, 0.5) is 0 Å². The zero-order valence-corrected chi connectivity index (χ0v) is 7.66. The summed E-state index contributed by atoms with van der Waals surface area (Å²) in [4.78, 5) is 11.4.